The van der Waals surface area contributed by atoms with Crippen molar-refractivity contribution in [3.05, 3.63) is 71.3 Å². The summed E-state index contributed by atoms with van der Waals surface area (Å²) in [4.78, 5) is 0. The molecule has 3 rings (SSSR count). The number of hydrogen-bond acceptors (Lipinski definition) is 1. The van der Waals surface area contributed by atoms with Crippen molar-refractivity contribution in [3.8, 4) is 5.75 Å². The summed E-state index contributed by atoms with van der Waals surface area (Å²) in [6, 6.07) is 19.7. The van der Waals surface area contributed by atoms with E-state index in [4.69, 9.17) is 4.74 Å². The summed E-state index contributed by atoms with van der Waals surface area (Å²) in [6.07, 6.45) is 8.89. The number of methoxy groups -OCH3 is 1. The molecule has 1 aliphatic rings. The van der Waals surface area contributed by atoms with E-state index < -0.39 is 0 Å². The molecule has 0 heterocycles. The highest BCUT2D eigenvalue weighted by atomic mass is 16.5. The maximum absolute atomic E-state index is 5.36. The molecule has 0 saturated heterocycles. The molecule has 2 aromatic carbocycles. The molecule has 0 saturated carbocycles. The molecule has 1 unspecified atom stereocenters. The molecule has 1 aliphatic carbocycles. The van der Waals surface area contributed by atoms with Gasteiger partial charge in [0.25, 0.3) is 0 Å². The van der Waals surface area contributed by atoms with Crippen LogP contribution >= 0.6 is 0 Å². The molecule has 132 valence electrons. The number of hydrogen-bond donors (Lipinski definition) is 0. The van der Waals surface area contributed by atoms with Gasteiger partial charge in [0.1, 0.15) is 5.75 Å². The number of allylic oxidation sites excluding steroid dienone is 2. The third kappa shape index (κ3) is 4.54. The summed E-state index contributed by atoms with van der Waals surface area (Å²) >= 11 is 0. The standard InChI is InChI=1S/C24H30O/c1-3-20-12-8-5-9-13-22(18-19-10-6-4-7-11-19)24(20)21-14-16-23(25-2)17-15-21/h4,6-7,10-11,14-17,22H,3,5,8-9,12-13,18H2,1-2H3/b24-20-. The third-order valence-electron chi connectivity index (χ3n) is 5.47. The van der Waals surface area contributed by atoms with Gasteiger partial charge in [-0.15, -0.1) is 0 Å². The Hall–Kier alpha value is -2.02. The van der Waals surface area contributed by atoms with Gasteiger partial charge in [0, 0.05) is 0 Å². The van der Waals surface area contributed by atoms with Crippen LogP contribution in [0.3, 0.4) is 0 Å². The van der Waals surface area contributed by atoms with E-state index in [9.17, 15) is 0 Å². The molecule has 0 N–H and O–H groups in total. The Morgan fingerprint density at radius 3 is 2.36 bits per heavy atom. The van der Waals surface area contributed by atoms with Crippen LogP contribution in [0.1, 0.15) is 56.6 Å². The van der Waals surface area contributed by atoms with Crippen molar-refractivity contribution in [2.45, 2.75) is 51.9 Å². The van der Waals surface area contributed by atoms with Gasteiger partial charge in [-0.2, -0.15) is 0 Å². The number of rotatable bonds is 5. The van der Waals surface area contributed by atoms with Gasteiger partial charge < -0.3 is 4.74 Å². The molecule has 25 heavy (non-hydrogen) atoms. The third-order valence-corrected chi connectivity index (χ3v) is 5.47. The monoisotopic (exact) mass is 334 g/mol. The molecule has 0 spiro atoms. The Kier molecular flexibility index (Phi) is 6.33. The van der Waals surface area contributed by atoms with Crippen LogP contribution in [0.25, 0.3) is 5.57 Å². The van der Waals surface area contributed by atoms with E-state index in [0.29, 0.717) is 5.92 Å². The van der Waals surface area contributed by atoms with Gasteiger partial charge in [0.15, 0.2) is 0 Å². The highest BCUT2D eigenvalue weighted by molar-refractivity contribution is 5.71. The fourth-order valence-corrected chi connectivity index (χ4v) is 4.15. The zero-order valence-corrected chi connectivity index (χ0v) is 15.6. The van der Waals surface area contributed by atoms with E-state index >= 15 is 0 Å². The van der Waals surface area contributed by atoms with Crippen LogP contribution in [-0.4, -0.2) is 7.11 Å². The SMILES string of the molecule is CC/C1=C(\c2ccc(OC)cc2)C(Cc2ccccc2)CCCCC1. The van der Waals surface area contributed by atoms with Gasteiger partial charge in [-0.05, 0) is 66.9 Å². The lowest BCUT2D eigenvalue weighted by molar-refractivity contribution is 0.414. The van der Waals surface area contributed by atoms with Crippen molar-refractivity contribution in [3.63, 3.8) is 0 Å². The highest BCUT2D eigenvalue weighted by Crippen LogP contribution is 2.38. The quantitative estimate of drug-likeness (QED) is 0.592. The predicted octanol–water partition coefficient (Wildman–Crippen LogP) is 6.68. The topological polar surface area (TPSA) is 9.23 Å². The summed E-state index contributed by atoms with van der Waals surface area (Å²) in [7, 11) is 1.74. The van der Waals surface area contributed by atoms with Crippen molar-refractivity contribution in [1.29, 1.82) is 0 Å². The second-order valence-electron chi connectivity index (χ2n) is 7.09. The molecule has 0 bridgehead atoms. The summed E-state index contributed by atoms with van der Waals surface area (Å²) in [6.45, 7) is 2.32. The highest BCUT2D eigenvalue weighted by Gasteiger charge is 2.21. The van der Waals surface area contributed by atoms with Crippen LogP contribution in [0.5, 0.6) is 5.75 Å². The minimum atomic E-state index is 0.617. The van der Waals surface area contributed by atoms with E-state index in [-0.39, 0.29) is 0 Å². The number of ether oxygens (including phenoxy) is 1. The fraction of sp³-hybridized carbons (Fsp3) is 0.417. The van der Waals surface area contributed by atoms with Gasteiger partial charge in [-0.3, -0.25) is 0 Å². The lowest BCUT2D eigenvalue weighted by Crippen LogP contribution is -2.12. The Labute approximate surface area is 152 Å². The zero-order valence-electron chi connectivity index (χ0n) is 15.6. The zero-order chi connectivity index (χ0) is 17.5. The van der Waals surface area contributed by atoms with Crippen LogP contribution < -0.4 is 4.74 Å². The van der Waals surface area contributed by atoms with E-state index in [0.717, 1.165) is 18.6 Å². The molecule has 2 aromatic rings. The molecule has 0 aromatic heterocycles. The van der Waals surface area contributed by atoms with Crippen LogP contribution in [0, 0.1) is 5.92 Å². The normalized spacial score (nSPS) is 21.4. The van der Waals surface area contributed by atoms with E-state index in [1.807, 2.05) is 0 Å². The van der Waals surface area contributed by atoms with Crippen LogP contribution in [0.15, 0.2) is 60.2 Å². The lowest BCUT2D eigenvalue weighted by atomic mass is 9.78. The van der Waals surface area contributed by atoms with Gasteiger partial charge in [0.05, 0.1) is 7.11 Å². The predicted molar refractivity (Wildman–Crippen MR) is 107 cm³/mol. The lowest BCUT2D eigenvalue weighted by Gasteiger charge is -2.27. The molecule has 1 atom stereocenters. The average molecular weight is 335 g/mol. The molecular formula is C24H30O. The second-order valence-corrected chi connectivity index (χ2v) is 7.09. The van der Waals surface area contributed by atoms with E-state index in [1.165, 1.54) is 43.2 Å². The number of benzene rings is 2. The molecule has 1 heteroatoms. The van der Waals surface area contributed by atoms with Gasteiger partial charge >= 0.3 is 0 Å². The summed E-state index contributed by atoms with van der Waals surface area (Å²) in [5.41, 5.74) is 6.11. The van der Waals surface area contributed by atoms with Crippen LogP contribution in [-0.2, 0) is 6.42 Å². The first kappa shape index (κ1) is 17.8. The van der Waals surface area contributed by atoms with Gasteiger partial charge in [0.2, 0.25) is 0 Å². The first-order chi connectivity index (χ1) is 12.3. The Balaban J connectivity index is 1.99. The van der Waals surface area contributed by atoms with Gasteiger partial charge in [-0.25, -0.2) is 0 Å². The second kappa shape index (κ2) is 8.89. The minimum Gasteiger partial charge on any atom is -0.497 e. The Morgan fingerprint density at radius 1 is 0.920 bits per heavy atom. The average Bonchev–Trinajstić information content (AvgIpc) is 2.65. The first-order valence-corrected chi connectivity index (χ1v) is 9.72. The Morgan fingerprint density at radius 2 is 1.68 bits per heavy atom. The maximum atomic E-state index is 5.36. The molecule has 0 radical (unpaired) electrons. The van der Waals surface area contributed by atoms with Crippen molar-refractivity contribution in [2.24, 2.45) is 5.92 Å². The van der Waals surface area contributed by atoms with E-state index in [2.05, 4.69) is 61.5 Å². The first-order valence-electron chi connectivity index (χ1n) is 9.72. The summed E-state index contributed by atoms with van der Waals surface area (Å²) in [5.74, 6) is 1.55. The largest absolute Gasteiger partial charge is 0.497 e. The van der Waals surface area contributed by atoms with Crippen molar-refractivity contribution >= 4 is 5.57 Å². The Bertz CT molecular complexity index is 682. The molecule has 1 nitrogen and oxygen atoms in total. The summed E-state index contributed by atoms with van der Waals surface area (Å²) in [5, 5.41) is 0. The summed E-state index contributed by atoms with van der Waals surface area (Å²) < 4.78 is 5.36. The van der Waals surface area contributed by atoms with Crippen molar-refractivity contribution in [1.82, 2.24) is 0 Å². The van der Waals surface area contributed by atoms with Crippen LogP contribution in [0.2, 0.25) is 0 Å². The van der Waals surface area contributed by atoms with E-state index in [1.54, 1.807) is 18.3 Å². The van der Waals surface area contributed by atoms with Crippen LogP contribution in [0.4, 0.5) is 0 Å². The fourth-order valence-electron chi connectivity index (χ4n) is 4.15. The molecule has 0 fully saturated rings. The molecule has 0 aliphatic heterocycles. The minimum absolute atomic E-state index is 0.617. The molecule has 0 amide bonds. The van der Waals surface area contributed by atoms with Crippen molar-refractivity contribution in [2.75, 3.05) is 7.11 Å². The van der Waals surface area contributed by atoms with Gasteiger partial charge in [-0.1, -0.05) is 67.8 Å². The molecular weight excluding hydrogens is 304 g/mol. The smallest absolute Gasteiger partial charge is 0.118 e. The maximum Gasteiger partial charge on any atom is 0.118 e. The van der Waals surface area contributed by atoms with Crippen molar-refractivity contribution < 1.29 is 4.74 Å².